The maximum absolute atomic E-state index is 12.6. The molecule has 2 heterocycles. The number of carbonyl (C=O) groups excluding carboxylic acids is 1. The van der Waals surface area contributed by atoms with Gasteiger partial charge in [-0.1, -0.05) is 12.1 Å². The second-order valence-electron chi connectivity index (χ2n) is 5.16. The van der Waals surface area contributed by atoms with Crippen molar-refractivity contribution < 1.29 is 4.79 Å². The Balaban J connectivity index is 1.81. The molecule has 1 aromatic carbocycles. The highest BCUT2D eigenvalue weighted by atomic mass is 32.1. The van der Waals surface area contributed by atoms with E-state index in [-0.39, 0.29) is 11.9 Å². The molecule has 1 amide bonds. The highest BCUT2D eigenvalue weighted by Crippen LogP contribution is 2.27. The summed E-state index contributed by atoms with van der Waals surface area (Å²) in [4.78, 5) is 15.6. The summed E-state index contributed by atoms with van der Waals surface area (Å²) < 4.78 is 0. The SMILES string of the molecule is CC(c1cccs1)N(C)C(=O)c1ccc2c(c1)NCC2. The van der Waals surface area contributed by atoms with Crippen LogP contribution in [0, 0.1) is 0 Å². The third-order valence-electron chi connectivity index (χ3n) is 3.92. The fraction of sp³-hybridized carbons (Fsp3) is 0.312. The molecule has 20 heavy (non-hydrogen) atoms. The van der Waals surface area contributed by atoms with Gasteiger partial charge < -0.3 is 10.2 Å². The minimum Gasteiger partial charge on any atom is -0.384 e. The topological polar surface area (TPSA) is 32.3 Å². The number of rotatable bonds is 3. The molecule has 4 heteroatoms. The Bertz CT molecular complexity index is 621. The standard InChI is InChI=1S/C16H18N2OS/c1-11(15-4-3-9-20-15)18(2)16(19)13-6-5-12-7-8-17-14(12)10-13/h3-6,9-11,17H,7-8H2,1-2H3. The summed E-state index contributed by atoms with van der Waals surface area (Å²) in [5, 5.41) is 5.37. The molecule has 1 atom stereocenters. The highest BCUT2D eigenvalue weighted by molar-refractivity contribution is 7.10. The Labute approximate surface area is 123 Å². The Morgan fingerprint density at radius 3 is 3.00 bits per heavy atom. The van der Waals surface area contributed by atoms with E-state index in [2.05, 4.69) is 24.4 Å². The van der Waals surface area contributed by atoms with Crippen molar-refractivity contribution in [2.45, 2.75) is 19.4 Å². The first-order valence-corrected chi connectivity index (χ1v) is 7.72. The molecule has 0 radical (unpaired) electrons. The summed E-state index contributed by atoms with van der Waals surface area (Å²) >= 11 is 1.69. The van der Waals surface area contributed by atoms with Crippen molar-refractivity contribution in [2.75, 3.05) is 18.9 Å². The first-order valence-electron chi connectivity index (χ1n) is 6.84. The van der Waals surface area contributed by atoms with Crippen LogP contribution in [0.5, 0.6) is 0 Å². The van der Waals surface area contributed by atoms with Crippen molar-refractivity contribution in [1.82, 2.24) is 4.90 Å². The third-order valence-corrected chi connectivity index (χ3v) is 4.97. The molecule has 1 aliphatic rings. The molecule has 3 rings (SSSR count). The van der Waals surface area contributed by atoms with Crippen LogP contribution in [0.15, 0.2) is 35.7 Å². The molecule has 1 unspecified atom stereocenters. The van der Waals surface area contributed by atoms with Crippen LogP contribution in [0.3, 0.4) is 0 Å². The van der Waals surface area contributed by atoms with Gasteiger partial charge in [-0.25, -0.2) is 0 Å². The largest absolute Gasteiger partial charge is 0.384 e. The molecule has 0 saturated heterocycles. The van der Waals surface area contributed by atoms with E-state index in [1.165, 1.54) is 10.4 Å². The van der Waals surface area contributed by atoms with Crippen molar-refractivity contribution in [1.29, 1.82) is 0 Å². The molecular weight excluding hydrogens is 268 g/mol. The quantitative estimate of drug-likeness (QED) is 0.936. The number of benzene rings is 1. The number of carbonyl (C=O) groups is 1. The van der Waals surface area contributed by atoms with Crippen molar-refractivity contribution in [3.05, 3.63) is 51.7 Å². The van der Waals surface area contributed by atoms with Crippen LogP contribution in [0.2, 0.25) is 0 Å². The molecule has 0 bridgehead atoms. The minimum absolute atomic E-state index is 0.0717. The summed E-state index contributed by atoms with van der Waals surface area (Å²) in [6.45, 7) is 3.03. The van der Waals surface area contributed by atoms with E-state index in [0.717, 1.165) is 24.2 Å². The maximum Gasteiger partial charge on any atom is 0.254 e. The number of thiophene rings is 1. The first kappa shape index (κ1) is 13.2. The number of hydrogen-bond donors (Lipinski definition) is 1. The summed E-state index contributed by atoms with van der Waals surface area (Å²) in [5.41, 5.74) is 3.16. The fourth-order valence-electron chi connectivity index (χ4n) is 2.52. The predicted octanol–water partition coefficient (Wildman–Crippen LogP) is 3.55. The predicted molar refractivity (Wildman–Crippen MR) is 83.5 cm³/mol. The van der Waals surface area contributed by atoms with Gasteiger partial charge in [0.25, 0.3) is 5.91 Å². The van der Waals surface area contributed by atoms with E-state index < -0.39 is 0 Å². The van der Waals surface area contributed by atoms with Gasteiger partial charge in [-0.3, -0.25) is 4.79 Å². The van der Waals surface area contributed by atoms with E-state index in [0.29, 0.717) is 0 Å². The maximum atomic E-state index is 12.6. The summed E-state index contributed by atoms with van der Waals surface area (Å²) in [6.07, 6.45) is 1.05. The van der Waals surface area contributed by atoms with E-state index >= 15 is 0 Å². The molecule has 1 N–H and O–H groups in total. The molecule has 0 aliphatic carbocycles. The van der Waals surface area contributed by atoms with Crippen LogP contribution in [-0.2, 0) is 6.42 Å². The summed E-state index contributed by atoms with van der Waals surface area (Å²) in [5.74, 6) is 0.0717. The van der Waals surface area contributed by atoms with Crippen molar-refractivity contribution in [3.63, 3.8) is 0 Å². The van der Waals surface area contributed by atoms with Gasteiger partial charge in [0, 0.05) is 29.7 Å². The molecule has 0 fully saturated rings. The zero-order chi connectivity index (χ0) is 14.1. The molecular formula is C16H18N2OS. The van der Waals surface area contributed by atoms with Crippen molar-refractivity contribution in [3.8, 4) is 0 Å². The molecule has 0 spiro atoms. The van der Waals surface area contributed by atoms with Gasteiger partial charge in [-0.2, -0.15) is 0 Å². The number of amides is 1. The number of nitrogens with one attached hydrogen (secondary N) is 1. The summed E-state index contributed by atoms with van der Waals surface area (Å²) in [7, 11) is 1.87. The van der Waals surface area contributed by atoms with Crippen LogP contribution >= 0.6 is 11.3 Å². The second kappa shape index (κ2) is 5.29. The number of anilines is 1. The van der Waals surface area contributed by atoms with E-state index in [1.807, 2.05) is 35.5 Å². The van der Waals surface area contributed by atoms with Crippen LogP contribution in [-0.4, -0.2) is 24.4 Å². The molecule has 1 aliphatic heterocycles. The lowest BCUT2D eigenvalue weighted by molar-refractivity contribution is 0.0745. The lowest BCUT2D eigenvalue weighted by Crippen LogP contribution is -2.29. The van der Waals surface area contributed by atoms with Gasteiger partial charge in [-0.05, 0) is 42.5 Å². The number of fused-ring (bicyclic) bond motifs is 1. The van der Waals surface area contributed by atoms with Gasteiger partial charge in [0.2, 0.25) is 0 Å². The van der Waals surface area contributed by atoms with Gasteiger partial charge >= 0.3 is 0 Å². The van der Waals surface area contributed by atoms with Crippen molar-refractivity contribution in [2.24, 2.45) is 0 Å². The van der Waals surface area contributed by atoms with E-state index in [1.54, 1.807) is 11.3 Å². The van der Waals surface area contributed by atoms with Crippen LogP contribution in [0.4, 0.5) is 5.69 Å². The number of hydrogen-bond acceptors (Lipinski definition) is 3. The monoisotopic (exact) mass is 286 g/mol. The van der Waals surface area contributed by atoms with E-state index in [4.69, 9.17) is 0 Å². The number of nitrogens with zero attached hydrogens (tertiary/aromatic N) is 1. The van der Waals surface area contributed by atoms with Crippen molar-refractivity contribution >= 4 is 22.9 Å². The second-order valence-corrected chi connectivity index (χ2v) is 6.14. The third kappa shape index (κ3) is 2.31. The van der Waals surface area contributed by atoms with Crippen LogP contribution < -0.4 is 5.32 Å². The molecule has 1 aromatic heterocycles. The van der Waals surface area contributed by atoms with Gasteiger partial charge in [0.1, 0.15) is 0 Å². The molecule has 2 aromatic rings. The normalized spacial score (nSPS) is 14.5. The minimum atomic E-state index is 0.0717. The van der Waals surface area contributed by atoms with Gasteiger partial charge in [0.15, 0.2) is 0 Å². The Morgan fingerprint density at radius 2 is 2.25 bits per heavy atom. The first-order chi connectivity index (χ1) is 9.66. The molecule has 0 saturated carbocycles. The molecule has 3 nitrogen and oxygen atoms in total. The Morgan fingerprint density at radius 1 is 1.40 bits per heavy atom. The summed E-state index contributed by atoms with van der Waals surface area (Å²) in [6, 6.07) is 10.2. The van der Waals surface area contributed by atoms with Gasteiger partial charge in [0.05, 0.1) is 6.04 Å². The Kier molecular flexibility index (Phi) is 3.49. The zero-order valence-electron chi connectivity index (χ0n) is 11.7. The van der Waals surface area contributed by atoms with Crippen LogP contribution in [0.25, 0.3) is 0 Å². The lowest BCUT2D eigenvalue weighted by Gasteiger charge is -2.24. The molecule has 104 valence electrons. The average molecular weight is 286 g/mol. The van der Waals surface area contributed by atoms with Crippen LogP contribution in [0.1, 0.15) is 33.8 Å². The smallest absolute Gasteiger partial charge is 0.254 e. The Hall–Kier alpha value is -1.81. The average Bonchev–Trinajstić information content (AvgIpc) is 3.14. The highest BCUT2D eigenvalue weighted by Gasteiger charge is 2.21. The zero-order valence-corrected chi connectivity index (χ0v) is 12.5. The van der Waals surface area contributed by atoms with Gasteiger partial charge in [-0.15, -0.1) is 11.3 Å². The fourth-order valence-corrected chi connectivity index (χ4v) is 3.35. The van der Waals surface area contributed by atoms with E-state index in [9.17, 15) is 4.79 Å². The lowest BCUT2D eigenvalue weighted by atomic mass is 10.1.